The first kappa shape index (κ1) is 13.4. The molecular formula is C16H25NO. The van der Waals surface area contributed by atoms with Crippen LogP contribution < -0.4 is 10.1 Å². The predicted molar refractivity (Wildman–Crippen MR) is 76.1 cm³/mol. The molecule has 1 aliphatic heterocycles. The molecule has 2 rings (SSSR count). The van der Waals surface area contributed by atoms with Crippen LogP contribution in [-0.2, 0) is 6.42 Å². The van der Waals surface area contributed by atoms with E-state index < -0.39 is 0 Å². The summed E-state index contributed by atoms with van der Waals surface area (Å²) in [6, 6.07) is 7.18. The molecule has 1 aliphatic rings. The lowest BCUT2D eigenvalue weighted by Gasteiger charge is -2.27. The van der Waals surface area contributed by atoms with Crippen molar-refractivity contribution in [2.24, 2.45) is 5.92 Å². The summed E-state index contributed by atoms with van der Waals surface area (Å²) in [5.41, 5.74) is 2.79. The molecule has 0 radical (unpaired) electrons. The number of nitrogens with one attached hydrogen (secondary N) is 1. The lowest BCUT2D eigenvalue weighted by atomic mass is 9.87. The molecular weight excluding hydrogens is 222 g/mol. The highest BCUT2D eigenvalue weighted by Crippen LogP contribution is 2.32. The van der Waals surface area contributed by atoms with Gasteiger partial charge in [0.15, 0.2) is 0 Å². The average molecular weight is 247 g/mol. The highest BCUT2D eigenvalue weighted by atomic mass is 16.5. The molecule has 0 saturated carbocycles. The minimum atomic E-state index is 0.465. The summed E-state index contributed by atoms with van der Waals surface area (Å²) in [4.78, 5) is 0. The van der Waals surface area contributed by atoms with Gasteiger partial charge in [-0.3, -0.25) is 0 Å². The van der Waals surface area contributed by atoms with Crippen LogP contribution >= 0.6 is 0 Å². The normalized spacial score (nSPS) is 16.2. The van der Waals surface area contributed by atoms with Gasteiger partial charge in [-0.1, -0.05) is 38.8 Å². The van der Waals surface area contributed by atoms with Crippen molar-refractivity contribution in [1.29, 1.82) is 0 Å². The van der Waals surface area contributed by atoms with Crippen LogP contribution in [0.5, 0.6) is 5.75 Å². The Morgan fingerprint density at radius 3 is 2.72 bits per heavy atom. The molecule has 1 aromatic carbocycles. The van der Waals surface area contributed by atoms with Gasteiger partial charge in [0.1, 0.15) is 5.75 Å². The monoisotopic (exact) mass is 247 g/mol. The van der Waals surface area contributed by atoms with Gasteiger partial charge >= 0.3 is 0 Å². The number of hydrogen-bond donors (Lipinski definition) is 1. The van der Waals surface area contributed by atoms with Crippen LogP contribution in [0.2, 0.25) is 0 Å². The molecule has 0 aromatic heterocycles. The lowest BCUT2D eigenvalue weighted by molar-refractivity contribution is 0.287. The van der Waals surface area contributed by atoms with E-state index >= 15 is 0 Å². The molecule has 100 valence electrons. The summed E-state index contributed by atoms with van der Waals surface area (Å²) < 4.78 is 5.68. The Balaban J connectivity index is 2.25. The van der Waals surface area contributed by atoms with Crippen LogP contribution in [-0.4, -0.2) is 13.7 Å². The maximum Gasteiger partial charge on any atom is 0.122 e. The van der Waals surface area contributed by atoms with E-state index in [1.54, 1.807) is 0 Å². The molecule has 0 fully saturated rings. The summed E-state index contributed by atoms with van der Waals surface area (Å²) in [5.74, 6) is 1.79. The molecule has 18 heavy (non-hydrogen) atoms. The van der Waals surface area contributed by atoms with Crippen molar-refractivity contribution < 1.29 is 4.74 Å². The van der Waals surface area contributed by atoms with Gasteiger partial charge in [-0.05, 0) is 43.0 Å². The zero-order chi connectivity index (χ0) is 13.0. The Labute approximate surface area is 111 Å². The van der Waals surface area contributed by atoms with Gasteiger partial charge in [0.05, 0.1) is 6.61 Å². The molecule has 0 amide bonds. The number of benzene rings is 1. The quantitative estimate of drug-likeness (QED) is 0.856. The number of rotatable bonds is 5. The molecule has 0 spiro atoms. The maximum atomic E-state index is 5.68. The topological polar surface area (TPSA) is 21.3 Å². The Hall–Kier alpha value is -1.02. The van der Waals surface area contributed by atoms with Gasteiger partial charge < -0.3 is 10.1 Å². The largest absolute Gasteiger partial charge is 0.493 e. The molecule has 2 heteroatoms. The smallest absolute Gasteiger partial charge is 0.122 e. The van der Waals surface area contributed by atoms with E-state index in [1.807, 2.05) is 0 Å². The van der Waals surface area contributed by atoms with Crippen molar-refractivity contribution in [2.75, 3.05) is 13.7 Å². The minimum absolute atomic E-state index is 0.465. The van der Waals surface area contributed by atoms with Crippen LogP contribution in [0, 0.1) is 5.92 Å². The molecule has 1 atom stereocenters. The van der Waals surface area contributed by atoms with Crippen LogP contribution in [0.4, 0.5) is 0 Å². The van der Waals surface area contributed by atoms with Gasteiger partial charge in [0, 0.05) is 6.04 Å². The zero-order valence-corrected chi connectivity index (χ0v) is 11.8. The SMILES string of the molecule is CCC(CC)C(NC)c1ccc2c(c1)CCCO2. The summed E-state index contributed by atoms with van der Waals surface area (Å²) in [7, 11) is 2.07. The second kappa shape index (κ2) is 6.24. The number of fused-ring (bicyclic) bond motifs is 1. The predicted octanol–water partition coefficient (Wildman–Crippen LogP) is 3.71. The molecule has 1 unspecified atom stereocenters. The van der Waals surface area contributed by atoms with Gasteiger partial charge in [-0.25, -0.2) is 0 Å². The second-order valence-corrected chi connectivity index (χ2v) is 5.16. The van der Waals surface area contributed by atoms with Crippen LogP contribution in [0.25, 0.3) is 0 Å². The van der Waals surface area contributed by atoms with Gasteiger partial charge in [-0.15, -0.1) is 0 Å². The number of hydrogen-bond acceptors (Lipinski definition) is 2. The summed E-state index contributed by atoms with van der Waals surface area (Å²) in [5, 5.41) is 3.49. The third-order valence-corrected chi connectivity index (χ3v) is 4.12. The first-order valence-electron chi connectivity index (χ1n) is 7.23. The molecule has 0 saturated heterocycles. The van der Waals surface area contributed by atoms with Crippen LogP contribution in [0.15, 0.2) is 18.2 Å². The van der Waals surface area contributed by atoms with E-state index in [4.69, 9.17) is 4.74 Å². The Kier molecular flexibility index (Phi) is 4.65. The van der Waals surface area contributed by atoms with E-state index in [-0.39, 0.29) is 0 Å². The Morgan fingerprint density at radius 2 is 2.06 bits per heavy atom. The highest BCUT2D eigenvalue weighted by Gasteiger charge is 2.20. The molecule has 0 aliphatic carbocycles. The van der Waals surface area contributed by atoms with Crippen LogP contribution in [0.1, 0.15) is 50.3 Å². The van der Waals surface area contributed by atoms with Gasteiger partial charge in [0.2, 0.25) is 0 Å². The third-order valence-electron chi connectivity index (χ3n) is 4.12. The summed E-state index contributed by atoms with van der Waals surface area (Å²) in [6.45, 7) is 5.42. The van der Waals surface area contributed by atoms with Crippen molar-refractivity contribution in [3.8, 4) is 5.75 Å². The Bertz CT molecular complexity index is 385. The van der Waals surface area contributed by atoms with E-state index in [0.29, 0.717) is 12.0 Å². The summed E-state index contributed by atoms with van der Waals surface area (Å²) in [6.07, 6.45) is 4.74. The number of aryl methyl sites for hydroxylation is 1. The van der Waals surface area contributed by atoms with Crippen molar-refractivity contribution >= 4 is 0 Å². The molecule has 2 nitrogen and oxygen atoms in total. The standard InChI is InChI=1S/C16H25NO/c1-4-12(5-2)16(17-3)14-8-9-15-13(11-14)7-6-10-18-15/h8-9,11-12,16-17H,4-7,10H2,1-3H3. The van der Waals surface area contributed by atoms with E-state index in [0.717, 1.165) is 25.2 Å². The molecule has 0 bridgehead atoms. The van der Waals surface area contributed by atoms with E-state index in [1.165, 1.54) is 24.0 Å². The fraction of sp³-hybridized carbons (Fsp3) is 0.625. The minimum Gasteiger partial charge on any atom is -0.493 e. The maximum absolute atomic E-state index is 5.68. The average Bonchev–Trinajstić information content (AvgIpc) is 2.44. The van der Waals surface area contributed by atoms with Crippen molar-refractivity contribution in [3.63, 3.8) is 0 Å². The Morgan fingerprint density at radius 1 is 1.28 bits per heavy atom. The van der Waals surface area contributed by atoms with Crippen molar-refractivity contribution in [1.82, 2.24) is 5.32 Å². The van der Waals surface area contributed by atoms with Crippen molar-refractivity contribution in [2.45, 2.75) is 45.6 Å². The fourth-order valence-corrected chi connectivity index (χ4v) is 3.01. The fourth-order valence-electron chi connectivity index (χ4n) is 3.01. The second-order valence-electron chi connectivity index (χ2n) is 5.16. The van der Waals surface area contributed by atoms with E-state index in [9.17, 15) is 0 Å². The first-order valence-corrected chi connectivity index (χ1v) is 7.23. The third kappa shape index (κ3) is 2.69. The highest BCUT2D eigenvalue weighted by molar-refractivity contribution is 5.39. The first-order chi connectivity index (χ1) is 8.80. The van der Waals surface area contributed by atoms with Gasteiger partial charge in [-0.2, -0.15) is 0 Å². The zero-order valence-electron chi connectivity index (χ0n) is 11.8. The number of ether oxygens (including phenoxy) is 1. The summed E-state index contributed by atoms with van der Waals surface area (Å²) >= 11 is 0. The van der Waals surface area contributed by atoms with E-state index in [2.05, 4.69) is 44.4 Å². The van der Waals surface area contributed by atoms with Crippen molar-refractivity contribution in [3.05, 3.63) is 29.3 Å². The lowest BCUT2D eigenvalue weighted by Crippen LogP contribution is -2.25. The van der Waals surface area contributed by atoms with Gasteiger partial charge in [0.25, 0.3) is 0 Å². The molecule has 1 aromatic rings. The van der Waals surface area contributed by atoms with Crippen LogP contribution in [0.3, 0.4) is 0 Å². The molecule has 1 N–H and O–H groups in total. The molecule has 1 heterocycles.